The van der Waals surface area contributed by atoms with Gasteiger partial charge in [-0.2, -0.15) is 0 Å². The number of nitrogens with zero attached hydrogens (tertiary/aromatic N) is 2. The van der Waals surface area contributed by atoms with Crippen LogP contribution >= 0.6 is 0 Å². The Bertz CT molecular complexity index is 644. The molecule has 114 valence electrons. The van der Waals surface area contributed by atoms with Crippen molar-refractivity contribution in [1.82, 2.24) is 15.3 Å². The lowest BCUT2D eigenvalue weighted by molar-refractivity contribution is -0.141. The SMILES string of the molecule is NC(=O)C[C@H](NCc1cnc(-c2ccccc2)nc1)C(=O)O. The van der Waals surface area contributed by atoms with Crippen LogP contribution in [0.25, 0.3) is 11.4 Å². The molecule has 0 saturated heterocycles. The van der Waals surface area contributed by atoms with Gasteiger partial charge in [-0.15, -0.1) is 0 Å². The average molecular weight is 300 g/mol. The molecule has 0 aliphatic rings. The third-order valence-electron chi connectivity index (χ3n) is 2.99. The average Bonchev–Trinajstić information content (AvgIpc) is 2.52. The maximum absolute atomic E-state index is 11.0. The van der Waals surface area contributed by atoms with E-state index in [4.69, 9.17) is 10.8 Å². The number of carboxylic acid groups (broad SMARTS) is 1. The second kappa shape index (κ2) is 7.28. The molecule has 7 heteroatoms. The lowest BCUT2D eigenvalue weighted by atomic mass is 10.2. The van der Waals surface area contributed by atoms with Crippen LogP contribution < -0.4 is 11.1 Å². The Hall–Kier alpha value is -2.80. The number of hydrogen-bond donors (Lipinski definition) is 3. The molecule has 0 unspecified atom stereocenters. The van der Waals surface area contributed by atoms with E-state index in [0.29, 0.717) is 5.82 Å². The second-order valence-corrected chi connectivity index (χ2v) is 4.72. The number of primary amides is 1. The first-order valence-electron chi connectivity index (χ1n) is 6.67. The van der Waals surface area contributed by atoms with Crippen LogP contribution in [0.2, 0.25) is 0 Å². The molecule has 0 radical (unpaired) electrons. The highest BCUT2D eigenvalue weighted by Crippen LogP contribution is 2.13. The summed E-state index contributed by atoms with van der Waals surface area (Å²) >= 11 is 0. The molecule has 1 aromatic heterocycles. The number of rotatable bonds is 7. The molecule has 1 aromatic carbocycles. The fraction of sp³-hybridized carbons (Fsp3) is 0.200. The van der Waals surface area contributed by atoms with Gasteiger partial charge in [0.25, 0.3) is 0 Å². The van der Waals surface area contributed by atoms with Crippen molar-refractivity contribution in [2.75, 3.05) is 0 Å². The third kappa shape index (κ3) is 4.35. The number of aromatic nitrogens is 2. The predicted molar refractivity (Wildman–Crippen MR) is 79.5 cm³/mol. The summed E-state index contributed by atoms with van der Waals surface area (Å²) in [6.07, 6.45) is 2.97. The zero-order valence-electron chi connectivity index (χ0n) is 11.8. The molecule has 7 nitrogen and oxygen atoms in total. The van der Waals surface area contributed by atoms with Gasteiger partial charge in [-0.25, -0.2) is 9.97 Å². The van der Waals surface area contributed by atoms with Crippen LogP contribution in [0.1, 0.15) is 12.0 Å². The van der Waals surface area contributed by atoms with Crippen LogP contribution in [0.3, 0.4) is 0 Å². The van der Waals surface area contributed by atoms with Gasteiger partial charge in [0.2, 0.25) is 5.91 Å². The number of benzene rings is 1. The van der Waals surface area contributed by atoms with Crippen molar-refractivity contribution in [3.63, 3.8) is 0 Å². The summed E-state index contributed by atoms with van der Waals surface area (Å²) in [5.41, 5.74) is 6.64. The summed E-state index contributed by atoms with van der Waals surface area (Å²) in [7, 11) is 0. The first-order valence-corrected chi connectivity index (χ1v) is 6.67. The number of carboxylic acids is 1. The Morgan fingerprint density at radius 3 is 2.36 bits per heavy atom. The zero-order chi connectivity index (χ0) is 15.9. The summed E-state index contributed by atoms with van der Waals surface area (Å²) in [5, 5.41) is 11.7. The van der Waals surface area contributed by atoms with Crippen molar-refractivity contribution in [3.8, 4) is 11.4 Å². The lowest BCUT2D eigenvalue weighted by Crippen LogP contribution is -2.39. The van der Waals surface area contributed by atoms with Gasteiger partial charge in [-0.05, 0) is 0 Å². The number of nitrogens with two attached hydrogens (primary N) is 1. The predicted octanol–water partition coefficient (Wildman–Crippen LogP) is 0.562. The van der Waals surface area contributed by atoms with Gasteiger partial charge in [-0.3, -0.25) is 14.9 Å². The molecular formula is C15H16N4O3. The first kappa shape index (κ1) is 15.6. The van der Waals surface area contributed by atoms with Crippen molar-refractivity contribution in [2.45, 2.75) is 19.0 Å². The molecule has 0 fully saturated rings. The van der Waals surface area contributed by atoms with Crippen molar-refractivity contribution < 1.29 is 14.7 Å². The third-order valence-corrected chi connectivity index (χ3v) is 2.99. The maximum Gasteiger partial charge on any atom is 0.321 e. The Labute approximate surface area is 127 Å². The van der Waals surface area contributed by atoms with Crippen LogP contribution in [0.15, 0.2) is 42.7 Å². The van der Waals surface area contributed by atoms with E-state index in [1.807, 2.05) is 30.3 Å². The fourth-order valence-corrected chi connectivity index (χ4v) is 1.87. The number of amides is 1. The normalized spacial score (nSPS) is 11.8. The van der Waals surface area contributed by atoms with E-state index in [1.165, 1.54) is 0 Å². The minimum atomic E-state index is -1.12. The summed E-state index contributed by atoms with van der Waals surface area (Å²) in [5.74, 6) is -1.20. The summed E-state index contributed by atoms with van der Waals surface area (Å²) in [4.78, 5) is 30.3. The van der Waals surface area contributed by atoms with E-state index < -0.39 is 17.9 Å². The molecule has 0 aliphatic carbocycles. The van der Waals surface area contributed by atoms with Crippen LogP contribution in [-0.2, 0) is 16.1 Å². The quantitative estimate of drug-likeness (QED) is 0.687. The monoisotopic (exact) mass is 300 g/mol. The van der Waals surface area contributed by atoms with Gasteiger partial charge >= 0.3 is 5.97 Å². The summed E-state index contributed by atoms with van der Waals surface area (Å²) in [6, 6.07) is 8.49. The molecule has 1 amide bonds. The topological polar surface area (TPSA) is 118 Å². The van der Waals surface area contributed by atoms with Crippen LogP contribution in [0, 0.1) is 0 Å². The standard InChI is InChI=1S/C15H16N4O3/c16-13(20)6-12(15(21)22)17-7-10-8-18-14(19-9-10)11-4-2-1-3-5-11/h1-5,8-9,12,17H,6-7H2,(H2,16,20)(H,21,22)/t12-/m0/s1. The molecule has 0 aliphatic heterocycles. The van der Waals surface area contributed by atoms with E-state index in [-0.39, 0.29) is 13.0 Å². The summed E-state index contributed by atoms with van der Waals surface area (Å²) in [6.45, 7) is 0.235. The van der Waals surface area contributed by atoms with Gasteiger partial charge < -0.3 is 10.8 Å². The van der Waals surface area contributed by atoms with Gasteiger partial charge in [-0.1, -0.05) is 30.3 Å². The Kier molecular flexibility index (Phi) is 5.16. The van der Waals surface area contributed by atoms with Crippen molar-refractivity contribution in [3.05, 3.63) is 48.3 Å². The first-order chi connectivity index (χ1) is 10.6. The van der Waals surface area contributed by atoms with Crippen molar-refractivity contribution >= 4 is 11.9 Å². The molecular weight excluding hydrogens is 284 g/mol. The molecule has 0 saturated carbocycles. The molecule has 1 heterocycles. The number of carbonyl (C=O) groups is 2. The molecule has 2 aromatic rings. The van der Waals surface area contributed by atoms with E-state index in [0.717, 1.165) is 11.1 Å². The summed E-state index contributed by atoms with van der Waals surface area (Å²) < 4.78 is 0. The number of aliphatic carboxylic acids is 1. The van der Waals surface area contributed by atoms with Crippen LogP contribution in [0.4, 0.5) is 0 Å². The highest BCUT2D eigenvalue weighted by atomic mass is 16.4. The highest BCUT2D eigenvalue weighted by molar-refractivity contribution is 5.83. The van der Waals surface area contributed by atoms with Gasteiger partial charge in [0.1, 0.15) is 6.04 Å². The van der Waals surface area contributed by atoms with E-state index >= 15 is 0 Å². The second-order valence-electron chi connectivity index (χ2n) is 4.72. The molecule has 1 atom stereocenters. The van der Waals surface area contributed by atoms with Crippen molar-refractivity contribution in [1.29, 1.82) is 0 Å². The van der Waals surface area contributed by atoms with Gasteiger partial charge in [0.15, 0.2) is 5.82 Å². The van der Waals surface area contributed by atoms with E-state index in [9.17, 15) is 9.59 Å². The zero-order valence-corrected chi connectivity index (χ0v) is 11.8. The highest BCUT2D eigenvalue weighted by Gasteiger charge is 2.19. The van der Waals surface area contributed by atoms with Gasteiger partial charge in [0.05, 0.1) is 6.42 Å². The molecule has 0 bridgehead atoms. The number of carbonyl (C=O) groups excluding carboxylic acids is 1. The van der Waals surface area contributed by atoms with Crippen molar-refractivity contribution in [2.24, 2.45) is 5.73 Å². The Balaban J connectivity index is 1.99. The minimum Gasteiger partial charge on any atom is -0.480 e. The number of hydrogen-bond acceptors (Lipinski definition) is 5. The Morgan fingerprint density at radius 2 is 1.82 bits per heavy atom. The molecule has 22 heavy (non-hydrogen) atoms. The smallest absolute Gasteiger partial charge is 0.321 e. The lowest BCUT2D eigenvalue weighted by Gasteiger charge is -2.12. The Morgan fingerprint density at radius 1 is 1.18 bits per heavy atom. The molecule has 0 spiro atoms. The molecule has 2 rings (SSSR count). The van der Waals surface area contributed by atoms with Crippen LogP contribution in [-0.4, -0.2) is 33.0 Å². The minimum absolute atomic E-state index is 0.235. The van der Waals surface area contributed by atoms with Gasteiger partial charge in [0, 0.05) is 30.1 Å². The fourth-order valence-electron chi connectivity index (χ4n) is 1.87. The van der Waals surface area contributed by atoms with E-state index in [2.05, 4.69) is 15.3 Å². The van der Waals surface area contributed by atoms with E-state index in [1.54, 1.807) is 12.4 Å². The molecule has 4 N–H and O–H groups in total. The number of nitrogens with one attached hydrogen (secondary N) is 1. The van der Waals surface area contributed by atoms with Crippen LogP contribution in [0.5, 0.6) is 0 Å². The largest absolute Gasteiger partial charge is 0.480 e. The maximum atomic E-state index is 11.0.